The lowest BCUT2D eigenvalue weighted by Crippen LogP contribution is -2.40. The van der Waals surface area contributed by atoms with E-state index in [2.05, 4.69) is 20.8 Å². The van der Waals surface area contributed by atoms with Crippen molar-refractivity contribution in [2.75, 3.05) is 6.54 Å². The highest BCUT2D eigenvalue weighted by Crippen LogP contribution is 2.07. The Labute approximate surface area is 100 Å². The molecular weight excluding hydrogens is 200 g/mol. The molecule has 0 heterocycles. The molecule has 0 saturated heterocycles. The zero-order valence-corrected chi connectivity index (χ0v) is 11.3. The second-order valence-corrected chi connectivity index (χ2v) is 4.76. The van der Waals surface area contributed by atoms with Gasteiger partial charge >= 0.3 is 0 Å². The molecule has 0 aromatic rings. The summed E-state index contributed by atoms with van der Waals surface area (Å²) in [7, 11) is 0. The molecule has 0 spiro atoms. The smallest absolute Gasteiger partial charge is 0.224 e. The molecule has 96 valence electrons. The van der Waals surface area contributed by atoms with Crippen LogP contribution >= 0.6 is 0 Å². The van der Waals surface area contributed by atoms with E-state index in [1.807, 2.05) is 11.8 Å². The highest BCUT2D eigenvalue weighted by molar-refractivity contribution is 5.77. The van der Waals surface area contributed by atoms with Crippen LogP contribution in [0.3, 0.4) is 0 Å². The first-order chi connectivity index (χ1) is 7.52. The van der Waals surface area contributed by atoms with Crippen LogP contribution in [0.5, 0.6) is 0 Å². The summed E-state index contributed by atoms with van der Waals surface area (Å²) in [6, 6.07) is 0.299. The third-order valence-corrected chi connectivity index (χ3v) is 2.91. The van der Waals surface area contributed by atoms with Crippen LogP contribution in [0, 0.1) is 0 Å². The second-order valence-electron chi connectivity index (χ2n) is 4.76. The molecule has 1 unspecified atom stereocenters. The van der Waals surface area contributed by atoms with Gasteiger partial charge in [-0.2, -0.15) is 0 Å². The van der Waals surface area contributed by atoms with Gasteiger partial charge in [-0.25, -0.2) is 0 Å². The molecule has 0 aliphatic heterocycles. The van der Waals surface area contributed by atoms with Crippen LogP contribution in [0.25, 0.3) is 0 Å². The van der Waals surface area contributed by atoms with E-state index >= 15 is 0 Å². The first-order valence-electron chi connectivity index (χ1n) is 6.57. The van der Waals surface area contributed by atoms with Gasteiger partial charge in [0.2, 0.25) is 5.91 Å². The van der Waals surface area contributed by atoms with Gasteiger partial charge in [0, 0.05) is 25.0 Å². The number of unbranched alkanes of at least 4 members (excludes halogenated alkanes) is 2. The normalized spacial score (nSPS) is 12.9. The SMILES string of the molecule is CCCCCN(C(=O)CC(N)CC)C(C)C. The maximum atomic E-state index is 12.0. The summed E-state index contributed by atoms with van der Waals surface area (Å²) in [5, 5.41) is 0. The number of amides is 1. The molecule has 0 aliphatic carbocycles. The molecule has 0 rings (SSSR count). The van der Waals surface area contributed by atoms with Gasteiger partial charge < -0.3 is 10.6 Å². The van der Waals surface area contributed by atoms with E-state index in [0.29, 0.717) is 6.42 Å². The summed E-state index contributed by atoms with van der Waals surface area (Å²) in [6.45, 7) is 9.21. The Bertz CT molecular complexity index is 192. The zero-order valence-electron chi connectivity index (χ0n) is 11.3. The van der Waals surface area contributed by atoms with Crippen molar-refractivity contribution in [3.8, 4) is 0 Å². The lowest BCUT2D eigenvalue weighted by atomic mass is 10.1. The molecule has 16 heavy (non-hydrogen) atoms. The molecule has 3 nitrogen and oxygen atoms in total. The molecule has 2 N–H and O–H groups in total. The molecule has 0 bridgehead atoms. The first kappa shape index (κ1) is 15.4. The van der Waals surface area contributed by atoms with Crippen LogP contribution in [-0.4, -0.2) is 29.4 Å². The van der Waals surface area contributed by atoms with Gasteiger partial charge in [0.15, 0.2) is 0 Å². The van der Waals surface area contributed by atoms with Gasteiger partial charge in [0.25, 0.3) is 0 Å². The van der Waals surface area contributed by atoms with E-state index in [-0.39, 0.29) is 18.0 Å². The Hall–Kier alpha value is -0.570. The minimum Gasteiger partial charge on any atom is -0.340 e. The lowest BCUT2D eigenvalue weighted by molar-refractivity contribution is -0.133. The predicted molar refractivity (Wildman–Crippen MR) is 69.3 cm³/mol. The maximum Gasteiger partial charge on any atom is 0.224 e. The average molecular weight is 228 g/mol. The fraction of sp³-hybridized carbons (Fsp3) is 0.923. The van der Waals surface area contributed by atoms with Crippen LogP contribution < -0.4 is 5.73 Å². The Morgan fingerprint density at radius 2 is 1.88 bits per heavy atom. The van der Waals surface area contributed by atoms with Crippen molar-refractivity contribution in [2.24, 2.45) is 5.73 Å². The molecule has 0 saturated carbocycles. The number of carbonyl (C=O) groups excluding carboxylic acids is 1. The fourth-order valence-corrected chi connectivity index (χ4v) is 1.69. The van der Waals surface area contributed by atoms with Gasteiger partial charge in [0.05, 0.1) is 0 Å². The van der Waals surface area contributed by atoms with Gasteiger partial charge in [-0.05, 0) is 26.7 Å². The van der Waals surface area contributed by atoms with Crippen molar-refractivity contribution in [3.63, 3.8) is 0 Å². The third-order valence-electron chi connectivity index (χ3n) is 2.91. The summed E-state index contributed by atoms with van der Waals surface area (Å²) in [4.78, 5) is 14.0. The quantitative estimate of drug-likeness (QED) is 0.649. The molecular formula is C13H28N2O. The first-order valence-corrected chi connectivity index (χ1v) is 6.57. The van der Waals surface area contributed by atoms with Crippen molar-refractivity contribution >= 4 is 5.91 Å². The zero-order chi connectivity index (χ0) is 12.6. The number of rotatable bonds is 8. The summed E-state index contributed by atoms with van der Waals surface area (Å²) in [5.41, 5.74) is 5.82. The predicted octanol–water partition coefficient (Wildman–Crippen LogP) is 2.54. The second kappa shape index (κ2) is 8.57. The Morgan fingerprint density at radius 1 is 1.25 bits per heavy atom. The minimum atomic E-state index is 0.0138. The number of nitrogens with zero attached hydrogens (tertiary/aromatic N) is 1. The largest absolute Gasteiger partial charge is 0.340 e. The molecule has 3 heteroatoms. The number of carbonyl (C=O) groups is 1. The highest BCUT2D eigenvalue weighted by atomic mass is 16.2. The molecule has 0 aromatic carbocycles. The van der Waals surface area contributed by atoms with Crippen LogP contribution in [0.2, 0.25) is 0 Å². The van der Waals surface area contributed by atoms with Crippen molar-refractivity contribution in [1.82, 2.24) is 4.90 Å². The molecule has 0 fully saturated rings. The molecule has 1 atom stereocenters. The van der Waals surface area contributed by atoms with Gasteiger partial charge in [0.1, 0.15) is 0 Å². The average Bonchev–Trinajstić information content (AvgIpc) is 2.23. The van der Waals surface area contributed by atoms with Crippen molar-refractivity contribution < 1.29 is 4.79 Å². The number of hydrogen-bond donors (Lipinski definition) is 1. The number of hydrogen-bond acceptors (Lipinski definition) is 2. The van der Waals surface area contributed by atoms with E-state index in [4.69, 9.17) is 5.73 Å². The lowest BCUT2D eigenvalue weighted by Gasteiger charge is -2.28. The van der Waals surface area contributed by atoms with Crippen molar-refractivity contribution in [2.45, 2.75) is 71.9 Å². The third kappa shape index (κ3) is 6.11. The van der Waals surface area contributed by atoms with Crippen LogP contribution in [-0.2, 0) is 4.79 Å². The van der Waals surface area contributed by atoms with Crippen LogP contribution in [0.1, 0.15) is 59.8 Å². The molecule has 0 radical (unpaired) electrons. The van der Waals surface area contributed by atoms with Crippen LogP contribution in [0.15, 0.2) is 0 Å². The van der Waals surface area contributed by atoms with Crippen molar-refractivity contribution in [3.05, 3.63) is 0 Å². The van der Waals surface area contributed by atoms with Gasteiger partial charge in [-0.1, -0.05) is 26.7 Å². The molecule has 0 aliphatic rings. The van der Waals surface area contributed by atoms with Crippen LogP contribution in [0.4, 0.5) is 0 Å². The summed E-state index contributed by atoms with van der Waals surface area (Å²) in [5.74, 6) is 0.209. The summed E-state index contributed by atoms with van der Waals surface area (Å²) < 4.78 is 0. The summed E-state index contributed by atoms with van der Waals surface area (Å²) in [6.07, 6.45) is 4.83. The van der Waals surface area contributed by atoms with E-state index in [9.17, 15) is 4.79 Å². The standard InChI is InChI=1S/C13H28N2O/c1-5-7-8-9-15(11(3)4)13(16)10-12(14)6-2/h11-12H,5-10,14H2,1-4H3. The van der Waals surface area contributed by atoms with E-state index < -0.39 is 0 Å². The highest BCUT2D eigenvalue weighted by Gasteiger charge is 2.18. The monoisotopic (exact) mass is 228 g/mol. The molecule has 1 amide bonds. The Balaban J connectivity index is 4.13. The minimum absolute atomic E-state index is 0.0138. The Kier molecular flexibility index (Phi) is 8.26. The fourth-order valence-electron chi connectivity index (χ4n) is 1.69. The van der Waals surface area contributed by atoms with Gasteiger partial charge in [-0.15, -0.1) is 0 Å². The van der Waals surface area contributed by atoms with E-state index in [1.54, 1.807) is 0 Å². The van der Waals surface area contributed by atoms with Gasteiger partial charge in [-0.3, -0.25) is 4.79 Å². The molecule has 0 aromatic heterocycles. The summed E-state index contributed by atoms with van der Waals surface area (Å²) >= 11 is 0. The number of nitrogens with two attached hydrogens (primary N) is 1. The van der Waals surface area contributed by atoms with E-state index in [1.165, 1.54) is 12.8 Å². The maximum absolute atomic E-state index is 12.0. The Morgan fingerprint density at radius 3 is 2.31 bits per heavy atom. The van der Waals surface area contributed by atoms with Crippen molar-refractivity contribution in [1.29, 1.82) is 0 Å². The van der Waals surface area contributed by atoms with E-state index in [0.717, 1.165) is 19.4 Å². The topological polar surface area (TPSA) is 46.3 Å².